The molecule has 1 heterocycles. The summed E-state index contributed by atoms with van der Waals surface area (Å²) in [6.45, 7) is 18.4. The molecule has 0 fully saturated rings. The largest absolute Gasteiger partial charge is 0.465 e. The Morgan fingerprint density at radius 1 is 1.15 bits per heavy atom. The lowest BCUT2D eigenvalue weighted by Gasteiger charge is -2.25. The summed E-state index contributed by atoms with van der Waals surface area (Å²) in [5.74, 6) is 3.51. The van der Waals surface area contributed by atoms with E-state index < -0.39 is 0 Å². The summed E-state index contributed by atoms with van der Waals surface area (Å²) in [5.41, 5.74) is 1.33. The van der Waals surface area contributed by atoms with Crippen molar-refractivity contribution in [2.75, 3.05) is 19.6 Å². The normalized spacial score (nSPS) is 12.1. The van der Waals surface area contributed by atoms with Crippen molar-refractivity contribution < 1.29 is 4.42 Å². The molecule has 0 bridgehead atoms. The van der Waals surface area contributed by atoms with Gasteiger partial charge in [-0.15, -0.1) is 0 Å². The average molecular weight is 280 g/mol. The van der Waals surface area contributed by atoms with Gasteiger partial charge in [-0.05, 0) is 31.4 Å². The Morgan fingerprint density at radius 3 is 2.25 bits per heavy atom. The van der Waals surface area contributed by atoms with Gasteiger partial charge in [0.15, 0.2) is 0 Å². The van der Waals surface area contributed by atoms with Gasteiger partial charge >= 0.3 is 0 Å². The SMILES string of the molecule is CCNCc1cc(CN(CC(C)C)CC(C)C)c(C)o1. The third-order valence-electron chi connectivity index (χ3n) is 3.26. The van der Waals surface area contributed by atoms with Crippen molar-refractivity contribution in [2.45, 2.75) is 54.6 Å². The van der Waals surface area contributed by atoms with Gasteiger partial charge in [-0.2, -0.15) is 0 Å². The van der Waals surface area contributed by atoms with Crippen molar-refractivity contribution in [1.82, 2.24) is 10.2 Å². The number of aryl methyl sites for hydroxylation is 1. The minimum atomic E-state index is 0.696. The van der Waals surface area contributed by atoms with Crippen LogP contribution in [0.5, 0.6) is 0 Å². The summed E-state index contributed by atoms with van der Waals surface area (Å²) < 4.78 is 5.84. The van der Waals surface area contributed by atoms with Gasteiger partial charge in [0.25, 0.3) is 0 Å². The average Bonchev–Trinajstić information content (AvgIpc) is 2.65. The maximum absolute atomic E-state index is 5.84. The molecule has 1 aromatic rings. The Kier molecular flexibility index (Phi) is 7.31. The zero-order chi connectivity index (χ0) is 15.1. The highest BCUT2D eigenvalue weighted by Crippen LogP contribution is 2.18. The fourth-order valence-electron chi connectivity index (χ4n) is 2.56. The second-order valence-electron chi connectivity index (χ2n) is 6.56. The van der Waals surface area contributed by atoms with Crippen LogP contribution in [0, 0.1) is 18.8 Å². The number of furan rings is 1. The van der Waals surface area contributed by atoms with E-state index in [2.05, 4.69) is 57.8 Å². The molecule has 3 heteroatoms. The third kappa shape index (κ3) is 6.10. The molecular formula is C17H32N2O. The van der Waals surface area contributed by atoms with Gasteiger partial charge < -0.3 is 9.73 Å². The van der Waals surface area contributed by atoms with Gasteiger partial charge in [0.05, 0.1) is 6.54 Å². The Bertz CT molecular complexity index is 372. The van der Waals surface area contributed by atoms with Gasteiger partial charge in [-0.25, -0.2) is 0 Å². The highest BCUT2D eigenvalue weighted by Gasteiger charge is 2.14. The predicted octanol–water partition coefficient (Wildman–Crippen LogP) is 3.81. The summed E-state index contributed by atoms with van der Waals surface area (Å²) in [6, 6.07) is 2.21. The van der Waals surface area contributed by atoms with Crippen molar-refractivity contribution in [3.05, 3.63) is 23.2 Å². The van der Waals surface area contributed by atoms with E-state index in [-0.39, 0.29) is 0 Å². The molecule has 0 aliphatic carbocycles. The van der Waals surface area contributed by atoms with E-state index in [1.807, 2.05) is 0 Å². The Labute approximate surface area is 124 Å². The molecular weight excluding hydrogens is 248 g/mol. The molecule has 1 rings (SSSR count). The lowest BCUT2D eigenvalue weighted by molar-refractivity contribution is 0.210. The van der Waals surface area contributed by atoms with Crippen LogP contribution < -0.4 is 5.32 Å². The zero-order valence-corrected chi connectivity index (χ0v) is 14.1. The first-order valence-corrected chi connectivity index (χ1v) is 7.93. The molecule has 0 radical (unpaired) electrons. The Morgan fingerprint density at radius 2 is 1.75 bits per heavy atom. The predicted molar refractivity (Wildman–Crippen MR) is 85.8 cm³/mol. The minimum Gasteiger partial charge on any atom is -0.465 e. The number of rotatable bonds is 9. The second kappa shape index (κ2) is 8.48. The van der Waals surface area contributed by atoms with Crippen LogP contribution >= 0.6 is 0 Å². The molecule has 20 heavy (non-hydrogen) atoms. The van der Waals surface area contributed by atoms with Crippen LogP contribution in [0.2, 0.25) is 0 Å². The Hall–Kier alpha value is -0.800. The van der Waals surface area contributed by atoms with E-state index in [1.165, 1.54) is 5.56 Å². The summed E-state index contributed by atoms with van der Waals surface area (Å²) in [4.78, 5) is 2.55. The number of hydrogen-bond donors (Lipinski definition) is 1. The van der Waals surface area contributed by atoms with E-state index in [1.54, 1.807) is 0 Å². The van der Waals surface area contributed by atoms with E-state index in [4.69, 9.17) is 4.42 Å². The standard InChI is InChI=1S/C17H32N2O/c1-7-18-9-17-8-16(15(6)20-17)12-19(10-13(2)3)11-14(4)5/h8,13-14,18H,7,9-12H2,1-6H3. The van der Waals surface area contributed by atoms with Crippen LogP contribution in [0.4, 0.5) is 0 Å². The molecule has 0 aliphatic rings. The van der Waals surface area contributed by atoms with Crippen LogP contribution in [0.15, 0.2) is 10.5 Å². The minimum absolute atomic E-state index is 0.696. The monoisotopic (exact) mass is 280 g/mol. The summed E-state index contributed by atoms with van der Waals surface area (Å²) in [5, 5.41) is 3.32. The smallest absolute Gasteiger partial charge is 0.118 e. The molecule has 116 valence electrons. The van der Waals surface area contributed by atoms with Crippen LogP contribution in [-0.4, -0.2) is 24.5 Å². The van der Waals surface area contributed by atoms with E-state index >= 15 is 0 Å². The maximum atomic E-state index is 5.84. The first-order chi connectivity index (χ1) is 9.42. The van der Waals surface area contributed by atoms with Gasteiger partial charge in [0.2, 0.25) is 0 Å². The van der Waals surface area contributed by atoms with Crippen molar-refractivity contribution in [3.63, 3.8) is 0 Å². The molecule has 0 unspecified atom stereocenters. The first kappa shape index (κ1) is 17.3. The molecule has 0 aliphatic heterocycles. The van der Waals surface area contributed by atoms with Crippen molar-refractivity contribution in [3.8, 4) is 0 Å². The van der Waals surface area contributed by atoms with E-state index in [0.717, 1.165) is 44.2 Å². The topological polar surface area (TPSA) is 28.4 Å². The van der Waals surface area contributed by atoms with Crippen LogP contribution in [0.1, 0.15) is 51.7 Å². The van der Waals surface area contributed by atoms with Gasteiger partial charge in [0.1, 0.15) is 11.5 Å². The zero-order valence-electron chi connectivity index (χ0n) is 14.1. The highest BCUT2D eigenvalue weighted by molar-refractivity contribution is 5.20. The number of hydrogen-bond acceptors (Lipinski definition) is 3. The molecule has 0 saturated heterocycles. The quantitative estimate of drug-likeness (QED) is 0.745. The molecule has 1 aromatic heterocycles. The van der Waals surface area contributed by atoms with E-state index in [9.17, 15) is 0 Å². The summed E-state index contributed by atoms with van der Waals surface area (Å²) >= 11 is 0. The third-order valence-corrected chi connectivity index (χ3v) is 3.26. The molecule has 0 atom stereocenters. The fraction of sp³-hybridized carbons (Fsp3) is 0.765. The molecule has 0 spiro atoms. The highest BCUT2D eigenvalue weighted by atomic mass is 16.3. The van der Waals surface area contributed by atoms with Crippen molar-refractivity contribution in [1.29, 1.82) is 0 Å². The molecule has 0 saturated carbocycles. The van der Waals surface area contributed by atoms with Crippen LogP contribution in [0.3, 0.4) is 0 Å². The Balaban J connectivity index is 2.68. The molecule has 1 N–H and O–H groups in total. The van der Waals surface area contributed by atoms with Crippen LogP contribution in [0.25, 0.3) is 0 Å². The number of nitrogens with zero attached hydrogens (tertiary/aromatic N) is 1. The first-order valence-electron chi connectivity index (χ1n) is 7.93. The summed E-state index contributed by atoms with van der Waals surface area (Å²) in [6.07, 6.45) is 0. The molecule has 0 aromatic carbocycles. The van der Waals surface area contributed by atoms with Crippen molar-refractivity contribution >= 4 is 0 Å². The number of nitrogens with one attached hydrogen (secondary N) is 1. The second-order valence-corrected chi connectivity index (χ2v) is 6.56. The van der Waals surface area contributed by atoms with Crippen molar-refractivity contribution in [2.24, 2.45) is 11.8 Å². The van der Waals surface area contributed by atoms with E-state index in [0.29, 0.717) is 11.8 Å². The fourth-order valence-corrected chi connectivity index (χ4v) is 2.56. The van der Waals surface area contributed by atoms with Gasteiger partial charge in [-0.3, -0.25) is 4.90 Å². The van der Waals surface area contributed by atoms with Gasteiger partial charge in [0, 0.05) is 25.2 Å². The summed E-state index contributed by atoms with van der Waals surface area (Å²) in [7, 11) is 0. The lowest BCUT2D eigenvalue weighted by Crippen LogP contribution is -2.31. The maximum Gasteiger partial charge on any atom is 0.118 e. The molecule has 0 amide bonds. The van der Waals surface area contributed by atoms with Gasteiger partial charge in [-0.1, -0.05) is 34.6 Å². The lowest BCUT2D eigenvalue weighted by atomic mass is 10.1. The molecule has 3 nitrogen and oxygen atoms in total. The van der Waals surface area contributed by atoms with Crippen LogP contribution in [-0.2, 0) is 13.1 Å².